The number of para-hydroxylation sites is 2. The summed E-state index contributed by atoms with van der Waals surface area (Å²) in [6, 6.07) is 33.3. The molecule has 6 rings (SSSR count). The second kappa shape index (κ2) is 16.1. The summed E-state index contributed by atoms with van der Waals surface area (Å²) in [5.41, 5.74) is 4.39. The van der Waals surface area contributed by atoms with Crippen LogP contribution in [-0.2, 0) is 0 Å². The number of benzene rings is 4. The summed E-state index contributed by atoms with van der Waals surface area (Å²) < 4.78 is 0. The van der Waals surface area contributed by atoms with Gasteiger partial charge in [-0.2, -0.15) is 0 Å². The van der Waals surface area contributed by atoms with E-state index in [1.807, 2.05) is 67.7 Å². The Labute approximate surface area is 251 Å². The van der Waals surface area contributed by atoms with Crippen LogP contribution in [0.25, 0.3) is 0 Å². The Morgan fingerprint density at radius 3 is 1.44 bits per heavy atom. The first-order valence-electron chi connectivity index (χ1n) is 13.7. The molecule has 0 bridgehead atoms. The van der Waals surface area contributed by atoms with Crippen molar-refractivity contribution >= 4 is 34.5 Å². The number of aliphatic hydroxyl groups is 1. The molecule has 0 unspecified atom stereocenters. The van der Waals surface area contributed by atoms with E-state index in [9.17, 15) is 19.2 Å². The third-order valence-electron chi connectivity index (χ3n) is 6.35. The highest BCUT2D eigenvalue weighted by Crippen LogP contribution is 2.26. The molecular weight excluding hydrogens is 540 g/mol. The fourth-order valence-electron chi connectivity index (χ4n) is 4.19. The molecular formula is C36H34N2O5. The molecule has 2 aliphatic carbocycles. The Balaban J connectivity index is 0.000000186. The number of likely N-dealkylation sites (N-methyl/N-ethyl adjacent to an activating group) is 1. The van der Waals surface area contributed by atoms with Gasteiger partial charge in [0.1, 0.15) is 0 Å². The van der Waals surface area contributed by atoms with Gasteiger partial charge < -0.3 is 15.3 Å². The van der Waals surface area contributed by atoms with Crippen molar-refractivity contribution < 1.29 is 24.3 Å². The molecule has 4 aromatic rings. The van der Waals surface area contributed by atoms with E-state index in [2.05, 4.69) is 5.32 Å². The number of hydrogen-bond acceptors (Lipinski definition) is 7. The maximum absolute atomic E-state index is 12.5. The lowest BCUT2D eigenvalue weighted by atomic mass is 9.92. The second-order valence-corrected chi connectivity index (χ2v) is 9.20. The average Bonchev–Trinajstić information content (AvgIpc) is 3.06. The summed E-state index contributed by atoms with van der Waals surface area (Å²) in [6.07, 6.45) is 4.03. The molecule has 4 aromatic carbocycles. The number of nitrogens with zero attached hydrogens (tertiary/aromatic N) is 1. The highest BCUT2D eigenvalue weighted by molar-refractivity contribution is 6.25. The van der Waals surface area contributed by atoms with E-state index in [4.69, 9.17) is 5.11 Å². The molecule has 0 aliphatic heterocycles. The Morgan fingerprint density at radius 1 is 0.605 bits per heavy atom. The number of ketones is 4. The zero-order valence-electron chi connectivity index (χ0n) is 24.4. The number of rotatable bonds is 3. The van der Waals surface area contributed by atoms with Crippen molar-refractivity contribution in [3.05, 3.63) is 155 Å². The van der Waals surface area contributed by atoms with Crippen LogP contribution in [0.3, 0.4) is 0 Å². The van der Waals surface area contributed by atoms with E-state index >= 15 is 0 Å². The zero-order chi connectivity index (χ0) is 31.2. The van der Waals surface area contributed by atoms with Crippen molar-refractivity contribution in [2.24, 2.45) is 0 Å². The minimum absolute atomic E-state index is 0.0924. The van der Waals surface area contributed by atoms with Crippen LogP contribution < -0.4 is 10.2 Å². The van der Waals surface area contributed by atoms with E-state index < -0.39 is 0 Å². The molecule has 0 aromatic heterocycles. The van der Waals surface area contributed by atoms with Crippen molar-refractivity contribution in [3.8, 4) is 0 Å². The lowest BCUT2D eigenvalue weighted by Crippen LogP contribution is -2.28. The van der Waals surface area contributed by atoms with E-state index in [1.165, 1.54) is 18.2 Å². The Hall–Kier alpha value is -5.40. The second-order valence-electron chi connectivity index (χ2n) is 9.20. The lowest BCUT2D eigenvalue weighted by molar-refractivity contribution is 0.0982. The van der Waals surface area contributed by atoms with Crippen molar-refractivity contribution in [1.29, 1.82) is 0 Å². The first kappa shape index (κ1) is 32.1. The summed E-state index contributed by atoms with van der Waals surface area (Å²) in [4.78, 5) is 48.8. The smallest absolute Gasteiger partial charge is 0.210 e. The molecule has 218 valence electrons. The number of carbonyl (C=O) groups excluding carboxylic acids is 4. The van der Waals surface area contributed by atoms with Crippen LogP contribution in [0, 0.1) is 0 Å². The van der Waals surface area contributed by atoms with Gasteiger partial charge in [0.2, 0.25) is 5.78 Å². The quantitative estimate of drug-likeness (QED) is 0.290. The van der Waals surface area contributed by atoms with Gasteiger partial charge in [-0.3, -0.25) is 19.2 Å². The normalized spacial score (nSPS) is 12.5. The molecule has 0 radical (unpaired) electrons. The Bertz CT molecular complexity index is 1590. The molecule has 43 heavy (non-hydrogen) atoms. The summed E-state index contributed by atoms with van der Waals surface area (Å²) >= 11 is 0. The Kier molecular flexibility index (Phi) is 12.1. The van der Waals surface area contributed by atoms with E-state index in [0.29, 0.717) is 28.0 Å². The number of aliphatic hydroxyl groups excluding tert-OH is 1. The molecule has 0 saturated carbocycles. The zero-order valence-corrected chi connectivity index (χ0v) is 24.4. The molecule has 2 N–H and O–H groups in total. The maximum atomic E-state index is 12.5. The number of fused-ring (bicyclic) bond motifs is 2. The fourth-order valence-corrected chi connectivity index (χ4v) is 4.19. The molecule has 7 heteroatoms. The van der Waals surface area contributed by atoms with Gasteiger partial charge in [-0.05, 0) is 43.3 Å². The topological polar surface area (TPSA) is 104 Å². The summed E-state index contributed by atoms with van der Waals surface area (Å²) in [7, 11) is 3.70. The highest BCUT2D eigenvalue weighted by Gasteiger charge is 2.27. The van der Waals surface area contributed by atoms with Crippen LogP contribution in [0.1, 0.15) is 48.4 Å². The van der Waals surface area contributed by atoms with Crippen molar-refractivity contribution in [2.45, 2.75) is 6.92 Å². The van der Waals surface area contributed by atoms with Crippen LogP contribution in [0.5, 0.6) is 0 Å². The fraction of sp³-hybridized carbons (Fsp3) is 0.111. The maximum Gasteiger partial charge on any atom is 0.210 e. The van der Waals surface area contributed by atoms with Crippen LogP contribution in [-0.4, -0.2) is 48.9 Å². The first-order valence-corrected chi connectivity index (χ1v) is 13.7. The number of carbonyl (C=O) groups is 4. The van der Waals surface area contributed by atoms with Crippen LogP contribution in [0.15, 0.2) is 133 Å². The molecule has 0 spiro atoms. The summed E-state index contributed by atoms with van der Waals surface area (Å²) in [5, 5.41) is 10.6. The number of allylic oxidation sites excluding steroid dienone is 4. The average molecular weight is 575 g/mol. The molecule has 0 saturated heterocycles. The number of anilines is 2. The summed E-state index contributed by atoms with van der Waals surface area (Å²) in [6.45, 7) is 1.93. The SMILES string of the molecule is CCO.CN(C1=CC(=O)c2ccccc2C1=O)c1ccccc1.CNc1ccccc1.O=C1C=CC(=O)c2ccccc21. The predicted molar refractivity (Wildman–Crippen MR) is 171 cm³/mol. The minimum atomic E-state index is -0.127. The van der Waals surface area contributed by atoms with Gasteiger partial charge in [0, 0.05) is 60.4 Å². The van der Waals surface area contributed by atoms with E-state index in [-0.39, 0.29) is 29.7 Å². The van der Waals surface area contributed by atoms with Gasteiger partial charge in [0.25, 0.3) is 0 Å². The van der Waals surface area contributed by atoms with Gasteiger partial charge in [-0.25, -0.2) is 0 Å². The predicted octanol–water partition coefficient (Wildman–Crippen LogP) is 6.43. The molecule has 0 fully saturated rings. The monoisotopic (exact) mass is 574 g/mol. The van der Waals surface area contributed by atoms with Gasteiger partial charge in [-0.1, -0.05) is 84.9 Å². The first-order chi connectivity index (χ1) is 20.8. The minimum Gasteiger partial charge on any atom is -0.397 e. The molecule has 0 heterocycles. The largest absolute Gasteiger partial charge is 0.397 e. The third-order valence-corrected chi connectivity index (χ3v) is 6.35. The van der Waals surface area contributed by atoms with E-state index in [1.54, 1.807) is 67.4 Å². The molecule has 2 aliphatic rings. The number of Topliss-reactive ketones (excluding diaryl/α,β-unsaturated/α-hetero) is 1. The van der Waals surface area contributed by atoms with Crippen molar-refractivity contribution in [3.63, 3.8) is 0 Å². The van der Waals surface area contributed by atoms with Crippen molar-refractivity contribution in [2.75, 3.05) is 30.9 Å². The lowest BCUT2D eigenvalue weighted by Gasteiger charge is -2.24. The van der Waals surface area contributed by atoms with Gasteiger partial charge in [0.05, 0.1) is 5.70 Å². The van der Waals surface area contributed by atoms with Gasteiger partial charge in [0.15, 0.2) is 17.3 Å². The van der Waals surface area contributed by atoms with Crippen LogP contribution in [0.4, 0.5) is 11.4 Å². The molecule has 0 atom stereocenters. The molecule has 0 amide bonds. The van der Waals surface area contributed by atoms with E-state index in [0.717, 1.165) is 11.4 Å². The van der Waals surface area contributed by atoms with Crippen LogP contribution >= 0.6 is 0 Å². The Morgan fingerprint density at radius 2 is 1.00 bits per heavy atom. The summed E-state index contributed by atoms with van der Waals surface area (Å²) in [5.74, 6) is -0.431. The van der Waals surface area contributed by atoms with Crippen molar-refractivity contribution in [1.82, 2.24) is 0 Å². The number of hydrogen-bond donors (Lipinski definition) is 2. The number of nitrogens with one attached hydrogen (secondary N) is 1. The standard InChI is InChI=1S/C17H13NO2.C10H6O2.C7H9N.C2H6O/c1-18(12-7-3-2-4-8-12)15-11-16(19)13-9-5-6-10-14(13)17(15)20;11-9-5-6-10(12)8-4-2-1-3-7(8)9;1-8-7-5-3-2-4-6-7;1-2-3/h2-11H,1H3;1-6H;2-6,8H,1H3;3H,2H2,1H3. The van der Waals surface area contributed by atoms with Crippen LogP contribution in [0.2, 0.25) is 0 Å². The third kappa shape index (κ3) is 8.55. The molecule has 7 nitrogen and oxygen atoms in total. The van der Waals surface area contributed by atoms with Gasteiger partial charge in [-0.15, -0.1) is 0 Å². The highest BCUT2D eigenvalue weighted by atomic mass is 16.2. The van der Waals surface area contributed by atoms with Gasteiger partial charge >= 0.3 is 0 Å².